The highest BCUT2D eigenvalue weighted by atomic mass is 16.6. The smallest absolute Gasteiger partial charge is 0.311 e. The second-order valence-corrected chi connectivity index (χ2v) is 6.08. The first-order valence-electron chi connectivity index (χ1n) is 8.85. The summed E-state index contributed by atoms with van der Waals surface area (Å²) in [5, 5.41) is 22.0. The van der Waals surface area contributed by atoms with Gasteiger partial charge in [0.2, 0.25) is 0 Å². The standard InChI is InChI=1S/C20H20N2O7/c1-3-4-5-20(23)29-18-11-7-14(12-19(18)28-2)6-8-15-9-10-16(21(24)25)13-17(15)22(26)27/h6-13H,3-5H2,1-2H3/b8-6+. The highest BCUT2D eigenvalue weighted by molar-refractivity contribution is 5.77. The van der Waals surface area contributed by atoms with Gasteiger partial charge in [-0.3, -0.25) is 25.0 Å². The second kappa shape index (κ2) is 9.98. The van der Waals surface area contributed by atoms with Gasteiger partial charge in [0.1, 0.15) is 0 Å². The Morgan fingerprint density at radius 3 is 2.41 bits per heavy atom. The van der Waals surface area contributed by atoms with Crippen LogP contribution in [-0.2, 0) is 4.79 Å². The quantitative estimate of drug-likeness (QED) is 0.195. The van der Waals surface area contributed by atoms with Crippen LogP contribution < -0.4 is 9.47 Å². The summed E-state index contributed by atoms with van der Waals surface area (Å²) in [6.07, 6.45) is 4.99. The van der Waals surface area contributed by atoms with Crippen molar-refractivity contribution in [2.24, 2.45) is 0 Å². The van der Waals surface area contributed by atoms with Gasteiger partial charge in [-0.2, -0.15) is 0 Å². The lowest BCUT2D eigenvalue weighted by Gasteiger charge is -2.10. The lowest BCUT2D eigenvalue weighted by Crippen LogP contribution is -2.08. The second-order valence-electron chi connectivity index (χ2n) is 6.08. The minimum atomic E-state index is -0.689. The number of hydrogen-bond donors (Lipinski definition) is 0. The van der Waals surface area contributed by atoms with Crippen LogP contribution in [0, 0.1) is 20.2 Å². The number of nitro benzene ring substituents is 2. The van der Waals surface area contributed by atoms with Gasteiger partial charge in [0.15, 0.2) is 11.5 Å². The van der Waals surface area contributed by atoms with Gasteiger partial charge in [-0.05, 0) is 36.3 Å². The van der Waals surface area contributed by atoms with Crippen molar-refractivity contribution in [1.29, 1.82) is 0 Å². The Hall–Kier alpha value is -3.75. The van der Waals surface area contributed by atoms with Crippen LogP contribution in [0.15, 0.2) is 36.4 Å². The molecule has 0 radical (unpaired) electrons. The van der Waals surface area contributed by atoms with E-state index in [4.69, 9.17) is 9.47 Å². The molecule has 0 bridgehead atoms. The highest BCUT2D eigenvalue weighted by Gasteiger charge is 2.17. The molecule has 0 spiro atoms. The number of unbranched alkanes of at least 4 members (excludes halogenated alkanes) is 1. The molecular weight excluding hydrogens is 380 g/mol. The Labute approximate surface area is 166 Å². The molecule has 0 aliphatic carbocycles. The monoisotopic (exact) mass is 400 g/mol. The fourth-order valence-electron chi connectivity index (χ4n) is 2.50. The molecule has 29 heavy (non-hydrogen) atoms. The normalized spacial score (nSPS) is 10.7. The van der Waals surface area contributed by atoms with Gasteiger partial charge in [-0.1, -0.05) is 25.5 Å². The Morgan fingerprint density at radius 1 is 1.03 bits per heavy atom. The number of esters is 1. The minimum absolute atomic E-state index is 0.217. The number of nitro groups is 2. The zero-order valence-corrected chi connectivity index (χ0v) is 16.0. The molecule has 0 atom stereocenters. The Morgan fingerprint density at radius 2 is 1.79 bits per heavy atom. The molecule has 2 rings (SSSR count). The van der Waals surface area contributed by atoms with Gasteiger partial charge in [0.25, 0.3) is 11.4 Å². The molecule has 0 N–H and O–H groups in total. The maximum absolute atomic E-state index is 11.8. The Balaban J connectivity index is 2.26. The van der Waals surface area contributed by atoms with Crippen molar-refractivity contribution < 1.29 is 24.1 Å². The summed E-state index contributed by atoms with van der Waals surface area (Å²) in [4.78, 5) is 32.5. The molecule has 0 fully saturated rings. The van der Waals surface area contributed by atoms with Gasteiger partial charge in [0.05, 0.1) is 28.6 Å². The van der Waals surface area contributed by atoms with Crippen LogP contribution in [0.2, 0.25) is 0 Å². The van der Waals surface area contributed by atoms with Crippen LogP contribution in [-0.4, -0.2) is 22.9 Å². The van der Waals surface area contributed by atoms with E-state index in [-0.39, 0.29) is 28.7 Å². The third-order valence-electron chi connectivity index (χ3n) is 4.02. The predicted molar refractivity (Wildman–Crippen MR) is 107 cm³/mol. The van der Waals surface area contributed by atoms with Crippen LogP contribution in [0.1, 0.15) is 37.3 Å². The zero-order chi connectivity index (χ0) is 21.4. The molecule has 0 unspecified atom stereocenters. The van der Waals surface area contributed by atoms with E-state index in [9.17, 15) is 25.0 Å². The van der Waals surface area contributed by atoms with Crippen molar-refractivity contribution in [1.82, 2.24) is 0 Å². The number of benzene rings is 2. The van der Waals surface area contributed by atoms with Crippen LogP contribution in [0.25, 0.3) is 12.2 Å². The molecular formula is C20H20N2O7. The third kappa shape index (κ3) is 5.86. The van der Waals surface area contributed by atoms with Gasteiger partial charge in [-0.15, -0.1) is 0 Å². The lowest BCUT2D eigenvalue weighted by molar-refractivity contribution is -0.394. The first kappa shape index (κ1) is 21.5. The summed E-state index contributed by atoms with van der Waals surface area (Å²) in [6, 6.07) is 8.29. The van der Waals surface area contributed by atoms with E-state index in [1.54, 1.807) is 24.3 Å². The molecule has 0 aliphatic rings. The Bertz CT molecular complexity index is 954. The first-order chi connectivity index (χ1) is 13.8. The number of ether oxygens (including phenoxy) is 2. The fourth-order valence-corrected chi connectivity index (χ4v) is 2.50. The number of methoxy groups -OCH3 is 1. The molecule has 0 aromatic heterocycles. The number of non-ortho nitro benzene ring substituents is 1. The molecule has 9 heteroatoms. The van der Waals surface area contributed by atoms with E-state index in [1.165, 1.54) is 25.3 Å². The molecule has 0 aliphatic heterocycles. The first-order valence-corrected chi connectivity index (χ1v) is 8.85. The molecule has 0 heterocycles. The van der Waals surface area contributed by atoms with Crippen molar-refractivity contribution >= 4 is 29.5 Å². The summed E-state index contributed by atoms with van der Waals surface area (Å²) in [7, 11) is 1.44. The van der Waals surface area contributed by atoms with Crippen LogP contribution in [0.3, 0.4) is 0 Å². The van der Waals surface area contributed by atoms with Crippen molar-refractivity contribution in [3.05, 3.63) is 67.8 Å². The van der Waals surface area contributed by atoms with Gasteiger partial charge >= 0.3 is 5.97 Å². The largest absolute Gasteiger partial charge is 0.493 e. The maximum Gasteiger partial charge on any atom is 0.311 e. The number of rotatable bonds is 9. The number of carbonyl (C=O) groups excluding carboxylic acids is 1. The molecule has 0 amide bonds. The summed E-state index contributed by atoms with van der Waals surface area (Å²) in [5.74, 6) is 0.275. The number of hydrogen-bond acceptors (Lipinski definition) is 7. The summed E-state index contributed by atoms with van der Waals surface area (Å²) in [5.41, 5.74) is 0.131. The lowest BCUT2D eigenvalue weighted by atomic mass is 10.1. The van der Waals surface area contributed by atoms with E-state index in [2.05, 4.69) is 0 Å². The minimum Gasteiger partial charge on any atom is -0.493 e. The van der Waals surface area contributed by atoms with Crippen molar-refractivity contribution in [2.45, 2.75) is 26.2 Å². The molecule has 0 saturated carbocycles. The summed E-state index contributed by atoms with van der Waals surface area (Å²) >= 11 is 0. The molecule has 2 aromatic rings. The SMILES string of the molecule is CCCCC(=O)Oc1ccc(/C=C/c2ccc([N+](=O)[O-])cc2[N+](=O)[O-])cc1OC. The maximum atomic E-state index is 11.8. The molecule has 152 valence electrons. The van der Waals surface area contributed by atoms with E-state index in [1.807, 2.05) is 6.92 Å². The van der Waals surface area contributed by atoms with Gasteiger partial charge in [-0.25, -0.2) is 0 Å². The van der Waals surface area contributed by atoms with Crippen molar-refractivity contribution in [3.8, 4) is 11.5 Å². The van der Waals surface area contributed by atoms with E-state index in [0.29, 0.717) is 17.7 Å². The van der Waals surface area contributed by atoms with Crippen LogP contribution in [0.5, 0.6) is 11.5 Å². The van der Waals surface area contributed by atoms with Crippen LogP contribution >= 0.6 is 0 Å². The average Bonchev–Trinajstić information content (AvgIpc) is 2.71. The molecule has 0 saturated heterocycles. The van der Waals surface area contributed by atoms with E-state index in [0.717, 1.165) is 18.9 Å². The van der Waals surface area contributed by atoms with Gasteiger partial charge in [0, 0.05) is 12.5 Å². The number of carbonyl (C=O) groups is 1. The third-order valence-corrected chi connectivity index (χ3v) is 4.02. The zero-order valence-electron chi connectivity index (χ0n) is 16.0. The summed E-state index contributed by atoms with van der Waals surface area (Å²) < 4.78 is 10.6. The van der Waals surface area contributed by atoms with Crippen molar-refractivity contribution in [2.75, 3.05) is 7.11 Å². The Kier molecular flexibility index (Phi) is 7.41. The predicted octanol–water partition coefficient (Wildman–Crippen LogP) is 4.78. The molecule has 2 aromatic carbocycles. The van der Waals surface area contributed by atoms with E-state index < -0.39 is 9.85 Å². The topological polar surface area (TPSA) is 122 Å². The summed E-state index contributed by atoms with van der Waals surface area (Å²) in [6.45, 7) is 1.98. The van der Waals surface area contributed by atoms with Gasteiger partial charge < -0.3 is 9.47 Å². The number of nitrogens with zero attached hydrogens (tertiary/aromatic N) is 2. The molecule has 9 nitrogen and oxygen atoms in total. The van der Waals surface area contributed by atoms with Crippen LogP contribution in [0.4, 0.5) is 11.4 Å². The highest BCUT2D eigenvalue weighted by Crippen LogP contribution is 2.30. The van der Waals surface area contributed by atoms with Crippen molar-refractivity contribution in [3.63, 3.8) is 0 Å². The fraction of sp³-hybridized carbons (Fsp3) is 0.250. The van der Waals surface area contributed by atoms with E-state index >= 15 is 0 Å². The average molecular weight is 400 g/mol.